The summed E-state index contributed by atoms with van der Waals surface area (Å²) in [5.74, 6) is 0.156. The molecule has 126 valence electrons. The predicted molar refractivity (Wildman–Crippen MR) is 91.0 cm³/mol. The highest BCUT2D eigenvalue weighted by molar-refractivity contribution is 9.10. The van der Waals surface area contributed by atoms with Crippen LogP contribution in [0.15, 0.2) is 22.8 Å². The van der Waals surface area contributed by atoms with Crippen molar-refractivity contribution in [2.75, 3.05) is 25.0 Å². The number of hydrogen-bond acceptors (Lipinski definition) is 4. The van der Waals surface area contributed by atoms with E-state index in [0.29, 0.717) is 25.5 Å². The Bertz CT molecular complexity index is 550. The zero-order chi connectivity index (χ0) is 16.8. The first-order valence-electron chi connectivity index (χ1n) is 7.84. The van der Waals surface area contributed by atoms with Gasteiger partial charge in [0.2, 0.25) is 5.91 Å². The van der Waals surface area contributed by atoms with E-state index in [1.807, 2.05) is 13.0 Å². The molecule has 0 aromatic carbocycles. The third kappa shape index (κ3) is 5.00. The number of nitrogens with one attached hydrogen (secondary N) is 1. The molecule has 1 N–H and O–H groups in total. The maximum absolute atomic E-state index is 12.4. The third-order valence-electron chi connectivity index (χ3n) is 3.85. The van der Waals surface area contributed by atoms with Gasteiger partial charge in [0.25, 0.3) is 5.91 Å². The van der Waals surface area contributed by atoms with Gasteiger partial charge >= 0.3 is 0 Å². The summed E-state index contributed by atoms with van der Waals surface area (Å²) in [5, 5.41) is 2.81. The summed E-state index contributed by atoms with van der Waals surface area (Å²) in [6.07, 6.45) is 2.76. The van der Waals surface area contributed by atoms with Crippen molar-refractivity contribution in [3.8, 4) is 0 Å². The molecular formula is C16H22BrN3O3. The number of likely N-dealkylation sites (tertiary alicyclic amines) is 1. The van der Waals surface area contributed by atoms with Gasteiger partial charge in [-0.3, -0.25) is 9.59 Å². The number of nitrogens with zero attached hydrogens (tertiary/aromatic N) is 2. The minimum Gasteiger partial charge on any atom is -0.369 e. The minimum atomic E-state index is -0.463. The first kappa shape index (κ1) is 17.9. The van der Waals surface area contributed by atoms with Gasteiger partial charge < -0.3 is 15.0 Å². The Morgan fingerprint density at radius 1 is 1.52 bits per heavy atom. The molecule has 23 heavy (non-hydrogen) atoms. The molecule has 2 atom stereocenters. The zero-order valence-electron chi connectivity index (χ0n) is 13.4. The van der Waals surface area contributed by atoms with E-state index >= 15 is 0 Å². The lowest BCUT2D eigenvalue weighted by Crippen LogP contribution is -2.47. The molecule has 2 rings (SSSR count). The summed E-state index contributed by atoms with van der Waals surface area (Å²) in [7, 11) is 0. The highest BCUT2D eigenvalue weighted by Gasteiger charge is 2.30. The van der Waals surface area contributed by atoms with E-state index in [-0.39, 0.29) is 17.7 Å². The lowest BCUT2D eigenvalue weighted by molar-refractivity contribution is -0.145. The fourth-order valence-electron chi connectivity index (χ4n) is 2.65. The van der Waals surface area contributed by atoms with Crippen LogP contribution in [0.1, 0.15) is 26.7 Å². The van der Waals surface area contributed by atoms with E-state index in [1.165, 1.54) is 0 Å². The number of anilines is 1. The Labute approximate surface area is 144 Å². The average molecular weight is 384 g/mol. The summed E-state index contributed by atoms with van der Waals surface area (Å²) in [4.78, 5) is 30.6. The van der Waals surface area contributed by atoms with Crippen molar-refractivity contribution < 1.29 is 14.3 Å². The molecule has 1 aliphatic rings. The Hall–Kier alpha value is -1.47. The third-order valence-corrected chi connectivity index (χ3v) is 4.32. The van der Waals surface area contributed by atoms with Gasteiger partial charge in [-0.25, -0.2) is 4.98 Å². The molecule has 1 aromatic heterocycles. The molecule has 2 unspecified atom stereocenters. The molecule has 7 heteroatoms. The van der Waals surface area contributed by atoms with Gasteiger partial charge in [0.15, 0.2) is 0 Å². The van der Waals surface area contributed by atoms with E-state index in [2.05, 4.69) is 26.2 Å². The maximum Gasteiger partial charge on any atom is 0.251 e. The topological polar surface area (TPSA) is 71.5 Å². The molecule has 1 aromatic rings. The quantitative estimate of drug-likeness (QED) is 0.847. The van der Waals surface area contributed by atoms with Crippen molar-refractivity contribution >= 4 is 33.6 Å². The van der Waals surface area contributed by atoms with Gasteiger partial charge in [-0.05, 0) is 54.8 Å². The molecule has 6 nitrogen and oxygen atoms in total. The smallest absolute Gasteiger partial charge is 0.251 e. The second kappa shape index (κ2) is 8.40. The average Bonchev–Trinajstić information content (AvgIpc) is 2.56. The Kier molecular flexibility index (Phi) is 6.53. The van der Waals surface area contributed by atoms with Gasteiger partial charge in [-0.1, -0.05) is 0 Å². The second-order valence-electron chi connectivity index (χ2n) is 5.57. The van der Waals surface area contributed by atoms with Crippen LogP contribution in [0.5, 0.6) is 0 Å². The molecule has 0 saturated carbocycles. The number of hydrogen-bond donors (Lipinski definition) is 1. The van der Waals surface area contributed by atoms with E-state index in [0.717, 1.165) is 17.3 Å². The number of rotatable bonds is 5. The number of pyridine rings is 1. The summed E-state index contributed by atoms with van der Waals surface area (Å²) in [6.45, 7) is 5.22. The molecule has 2 heterocycles. The van der Waals surface area contributed by atoms with Gasteiger partial charge in [-0.2, -0.15) is 0 Å². The lowest BCUT2D eigenvalue weighted by atomic mass is 9.96. The van der Waals surface area contributed by atoms with E-state index < -0.39 is 6.10 Å². The first-order chi connectivity index (χ1) is 11.0. The van der Waals surface area contributed by atoms with E-state index in [9.17, 15) is 9.59 Å². The van der Waals surface area contributed by atoms with Crippen LogP contribution in [0.4, 0.5) is 5.82 Å². The van der Waals surface area contributed by atoms with Crippen LogP contribution in [0.2, 0.25) is 0 Å². The summed E-state index contributed by atoms with van der Waals surface area (Å²) >= 11 is 3.31. The van der Waals surface area contributed by atoms with Gasteiger partial charge in [0, 0.05) is 30.4 Å². The SMILES string of the molecule is CCOC(C)C(=O)N1CCCC(C(=O)Nc2ccc(Br)cn2)C1. The summed E-state index contributed by atoms with van der Waals surface area (Å²) < 4.78 is 6.21. The van der Waals surface area contributed by atoms with Crippen LogP contribution >= 0.6 is 15.9 Å². The number of aromatic nitrogens is 1. The molecule has 2 amide bonds. The highest BCUT2D eigenvalue weighted by atomic mass is 79.9. The van der Waals surface area contributed by atoms with Crippen molar-refractivity contribution in [3.63, 3.8) is 0 Å². The molecule has 0 radical (unpaired) electrons. The second-order valence-corrected chi connectivity index (χ2v) is 6.49. The van der Waals surface area contributed by atoms with E-state index in [4.69, 9.17) is 4.74 Å². The minimum absolute atomic E-state index is 0.0499. The molecule has 1 aliphatic heterocycles. The zero-order valence-corrected chi connectivity index (χ0v) is 15.0. The van der Waals surface area contributed by atoms with Crippen molar-refractivity contribution in [2.45, 2.75) is 32.8 Å². The fraction of sp³-hybridized carbons (Fsp3) is 0.562. The van der Waals surface area contributed by atoms with Crippen LogP contribution in [0.25, 0.3) is 0 Å². The van der Waals surface area contributed by atoms with Crippen LogP contribution in [0, 0.1) is 5.92 Å². The fourth-order valence-corrected chi connectivity index (χ4v) is 2.88. The number of amides is 2. The van der Waals surface area contributed by atoms with Gasteiger partial charge in [-0.15, -0.1) is 0 Å². The molecule has 0 spiro atoms. The van der Waals surface area contributed by atoms with Crippen molar-refractivity contribution in [2.24, 2.45) is 5.92 Å². The standard InChI is InChI=1S/C16H22BrN3O3/c1-3-23-11(2)16(22)20-8-4-5-12(10-20)15(21)19-14-7-6-13(17)9-18-14/h6-7,9,11-12H,3-5,8,10H2,1-2H3,(H,18,19,21). The largest absolute Gasteiger partial charge is 0.369 e. The number of carbonyl (C=O) groups is 2. The Balaban J connectivity index is 1.93. The van der Waals surface area contributed by atoms with Crippen LogP contribution in [-0.2, 0) is 14.3 Å². The summed E-state index contributed by atoms with van der Waals surface area (Å²) in [6, 6.07) is 3.56. The number of ether oxygens (including phenoxy) is 1. The van der Waals surface area contributed by atoms with Crippen molar-refractivity contribution in [3.05, 3.63) is 22.8 Å². The predicted octanol–water partition coefficient (Wildman–Crippen LogP) is 2.45. The lowest BCUT2D eigenvalue weighted by Gasteiger charge is -2.33. The van der Waals surface area contributed by atoms with Crippen LogP contribution < -0.4 is 5.32 Å². The van der Waals surface area contributed by atoms with Crippen molar-refractivity contribution in [1.29, 1.82) is 0 Å². The van der Waals surface area contributed by atoms with Crippen molar-refractivity contribution in [1.82, 2.24) is 9.88 Å². The normalized spacial score (nSPS) is 19.3. The maximum atomic E-state index is 12.4. The molecule has 0 bridgehead atoms. The molecule has 1 saturated heterocycles. The molecular weight excluding hydrogens is 362 g/mol. The highest BCUT2D eigenvalue weighted by Crippen LogP contribution is 2.20. The first-order valence-corrected chi connectivity index (χ1v) is 8.63. The molecule has 0 aliphatic carbocycles. The Morgan fingerprint density at radius 2 is 2.30 bits per heavy atom. The number of carbonyl (C=O) groups excluding carboxylic acids is 2. The van der Waals surface area contributed by atoms with Gasteiger partial charge in [0.05, 0.1) is 5.92 Å². The Morgan fingerprint density at radius 3 is 2.96 bits per heavy atom. The van der Waals surface area contributed by atoms with E-state index in [1.54, 1.807) is 24.1 Å². The number of halogens is 1. The summed E-state index contributed by atoms with van der Waals surface area (Å²) in [5.41, 5.74) is 0. The monoisotopic (exact) mass is 383 g/mol. The van der Waals surface area contributed by atoms with Crippen LogP contribution in [-0.4, -0.2) is 47.5 Å². The number of piperidine rings is 1. The molecule has 1 fully saturated rings. The van der Waals surface area contributed by atoms with Gasteiger partial charge in [0.1, 0.15) is 11.9 Å². The van der Waals surface area contributed by atoms with Crippen LogP contribution in [0.3, 0.4) is 0 Å².